The summed E-state index contributed by atoms with van der Waals surface area (Å²) < 4.78 is 37.7. The van der Waals surface area contributed by atoms with Crippen molar-refractivity contribution >= 4 is 15.9 Å². The third-order valence-electron chi connectivity index (χ3n) is 1.94. The third kappa shape index (κ3) is 2.82. The Bertz CT molecular complexity index is 373. The molecule has 1 aromatic carbocycles. The summed E-state index contributed by atoms with van der Waals surface area (Å²) in [5.74, 6) is 0. The molecule has 0 fully saturated rings. The molecule has 0 saturated heterocycles. The van der Waals surface area contributed by atoms with Gasteiger partial charge in [-0.25, -0.2) is 0 Å². The lowest BCUT2D eigenvalue weighted by molar-refractivity contribution is -0.137. The minimum Gasteiger partial charge on any atom is -0.321 e. The quantitative estimate of drug-likeness (QED) is 0.822. The molecule has 0 bridgehead atoms. The van der Waals surface area contributed by atoms with Crippen molar-refractivity contribution in [2.75, 3.05) is 0 Å². The molecular formula is C10H9BrF3N. The highest BCUT2D eigenvalue weighted by molar-refractivity contribution is 9.10. The molecule has 1 atom stereocenters. The van der Waals surface area contributed by atoms with Crippen molar-refractivity contribution in [3.05, 3.63) is 46.5 Å². The fraction of sp³-hybridized carbons (Fsp3) is 0.200. The molecule has 82 valence electrons. The monoisotopic (exact) mass is 279 g/mol. The first-order chi connectivity index (χ1) is 6.86. The van der Waals surface area contributed by atoms with Crippen molar-refractivity contribution in [2.45, 2.75) is 12.2 Å². The van der Waals surface area contributed by atoms with Gasteiger partial charge < -0.3 is 5.73 Å². The van der Waals surface area contributed by atoms with E-state index in [2.05, 4.69) is 22.5 Å². The standard InChI is InChI=1S/C10H9BrF3N/c1-2-9(15)7-5-6(10(12,13)14)3-4-8(7)11/h2-5,9H,1,15H2/t9-/m0/s1. The summed E-state index contributed by atoms with van der Waals surface area (Å²) >= 11 is 3.14. The topological polar surface area (TPSA) is 26.0 Å². The molecule has 0 heterocycles. The summed E-state index contributed by atoms with van der Waals surface area (Å²) in [7, 11) is 0. The molecular weight excluding hydrogens is 271 g/mol. The van der Waals surface area contributed by atoms with E-state index < -0.39 is 17.8 Å². The Morgan fingerprint density at radius 2 is 2.00 bits per heavy atom. The van der Waals surface area contributed by atoms with E-state index in [1.165, 1.54) is 12.1 Å². The van der Waals surface area contributed by atoms with Gasteiger partial charge in [-0.15, -0.1) is 6.58 Å². The second-order valence-corrected chi connectivity index (χ2v) is 3.85. The minimum absolute atomic E-state index is 0.375. The maximum absolute atomic E-state index is 12.4. The van der Waals surface area contributed by atoms with Crippen LogP contribution in [0.4, 0.5) is 13.2 Å². The first-order valence-electron chi connectivity index (χ1n) is 4.11. The van der Waals surface area contributed by atoms with Gasteiger partial charge in [-0.1, -0.05) is 22.0 Å². The summed E-state index contributed by atoms with van der Waals surface area (Å²) in [5.41, 5.74) is 5.26. The highest BCUT2D eigenvalue weighted by Gasteiger charge is 2.31. The minimum atomic E-state index is -4.35. The molecule has 15 heavy (non-hydrogen) atoms. The van der Waals surface area contributed by atoms with Crippen molar-refractivity contribution in [2.24, 2.45) is 5.73 Å². The zero-order valence-corrected chi connectivity index (χ0v) is 9.27. The van der Waals surface area contributed by atoms with Gasteiger partial charge in [0.2, 0.25) is 0 Å². The number of halogens is 4. The number of rotatable bonds is 2. The highest BCUT2D eigenvalue weighted by atomic mass is 79.9. The smallest absolute Gasteiger partial charge is 0.321 e. The Hall–Kier alpha value is -0.810. The molecule has 0 radical (unpaired) electrons. The Morgan fingerprint density at radius 3 is 2.47 bits per heavy atom. The molecule has 2 N–H and O–H groups in total. The fourth-order valence-electron chi connectivity index (χ4n) is 1.10. The normalized spacial score (nSPS) is 13.7. The second-order valence-electron chi connectivity index (χ2n) is 3.00. The number of hydrogen-bond donors (Lipinski definition) is 1. The van der Waals surface area contributed by atoms with Crippen molar-refractivity contribution in [3.63, 3.8) is 0 Å². The Balaban J connectivity index is 3.22. The highest BCUT2D eigenvalue weighted by Crippen LogP contribution is 2.33. The van der Waals surface area contributed by atoms with Crippen molar-refractivity contribution in [1.82, 2.24) is 0 Å². The Kier molecular flexibility index (Phi) is 3.57. The van der Waals surface area contributed by atoms with Gasteiger partial charge in [0.15, 0.2) is 0 Å². The average Bonchev–Trinajstić information content (AvgIpc) is 2.15. The number of hydrogen-bond acceptors (Lipinski definition) is 1. The fourth-order valence-corrected chi connectivity index (χ4v) is 1.61. The molecule has 0 spiro atoms. The van der Waals surface area contributed by atoms with E-state index in [1.54, 1.807) is 0 Å². The van der Waals surface area contributed by atoms with E-state index in [0.717, 1.165) is 12.1 Å². The van der Waals surface area contributed by atoms with Crippen molar-refractivity contribution in [1.29, 1.82) is 0 Å². The van der Waals surface area contributed by atoms with Crippen LogP contribution in [0.2, 0.25) is 0 Å². The van der Waals surface area contributed by atoms with Crippen LogP contribution < -0.4 is 5.73 Å². The SMILES string of the molecule is C=C[C@H](N)c1cc(C(F)(F)F)ccc1Br. The van der Waals surface area contributed by atoms with Gasteiger partial charge in [0, 0.05) is 10.5 Å². The van der Waals surface area contributed by atoms with Crippen LogP contribution in [0.5, 0.6) is 0 Å². The summed E-state index contributed by atoms with van der Waals surface area (Å²) in [6.45, 7) is 3.44. The van der Waals surface area contributed by atoms with E-state index in [-0.39, 0.29) is 0 Å². The van der Waals surface area contributed by atoms with E-state index >= 15 is 0 Å². The number of benzene rings is 1. The molecule has 0 aliphatic carbocycles. The maximum atomic E-state index is 12.4. The maximum Gasteiger partial charge on any atom is 0.416 e. The van der Waals surface area contributed by atoms with Crippen LogP contribution in [-0.4, -0.2) is 0 Å². The zero-order chi connectivity index (χ0) is 11.6. The predicted octanol–water partition coefficient (Wildman–Crippen LogP) is 3.65. The predicted molar refractivity (Wildman–Crippen MR) is 56.3 cm³/mol. The van der Waals surface area contributed by atoms with Gasteiger partial charge in [-0.2, -0.15) is 13.2 Å². The van der Waals surface area contributed by atoms with Crippen LogP contribution in [0.1, 0.15) is 17.2 Å². The van der Waals surface area contributed by atoms with Gasteiger partial charge in [-0.05, 0) is 23.8 Å². The number of nitrogens with two attached hydrogens (primary N) is 1. The van der Waals surface area contributed by atoms with Crippen molar-refractivity contribution < 1.29 is 13.2 Å². The second kappa shape index (κ2) is 4.37. The third-order valence-corrected chi connectivity index (χ3v) is 2.66. The van der Waals surface area contributed by atoms with Gasteiger partial charge in [0.1, 0.15) is 0 Å². The van der Waals surface area contributed by atoms with Gasteiger partial charge in [-0.3, -0.25) is 0 Å². The lowest BCUT2D eigenvalue weighted by atomic mass is 10.0. The van der Waals surface area contributed by atoms with Gasteiger partial charge >= 0.3 is 6.18 Å². The average molecular weight is 280 g/mol. The van der Waals surface area contributed by atoms with Crippen LogP contribution in [0.15, 0.2) is 35.3 Å². The largest absolute Gasteiger partial charge is 0.416 e. The van der Waals surface area contributed by atoms with Crippen molar-refractivity contribution in [3.8, 4) is 0 Å². The Labute approximate surface area is 93.9 Å². The molecule has 0 amide bonds. The van der Waals surface area contributed by atoms with Gasteiger partial charge in [0.25, 0.3) is 0 Å². The summed E-state index contributed by atoms with van der Waals surface area (Å²) in [6.07, 6.45) is -2.96. The zero-order valence-electron chi connectivity index (χ0n) is 7.68. The number of alkyl halides is 3. The van der Waals surface area contributed by atoms with Crippen LogP contribution in [0.3, 0.4) is 0 Å². The molecule has 1 nitrogen and oxygen atoms in total. The molecule has 5 heteroatoms. The molecule has 0 aliphatic rings. The van der Waals surface area contributed by atoms with E-state index in [0.29, 0.717) is 10.0 Å². The first-order valence-corrected chi connectivity index (χ1v) is 4.90. The van der Waals surface area contributed by atoms with Crippen LogP contribution >= 0.6 is 15.9 Å². The Morgan fingerprint density at radius 1 is 1.40 bits per heavy atom. The van der Waals surface area contributed by atoms with E-state index in [1.807, 2.05) is 0 Å². The van der Waals surface area contributed by atoms with Gasteiger partial charge in [0.05, 0.1) is 5.56 Å². The lowest BCUT2D eigenvalue weighted by Crippen LogP contribution is -2.11. The first kappa shape index (κ1) is 12.3. The lowest BCUT2D eigenvalue weighted by Gasteiger charge is -2.13. The molecule has 0 unspecified atom stereocenters. The summed E-state index contributed by atoms with van der Waals surface area (Å²) in [6, 6.07) is 2.75. The summed E-state index contributed by atoms with van der Waals surface area (Å²) in [4.78, 5) is 0. The van der Waals surface area contributed by atoms with E-state index in [9.17, 15) is 13.2 Å². The van der Waals surface area contributed by atoms with Crippen LogP contribution in [-0.2, 0) is 6.18 Å². The van der Waals surface area contributed by atoms with E-state index in [4.69, 9.17) is 5.73 Å². The molecule has 1 rings (SSSR count). The molecule has 0 saturated carbocycles. The van der Waals surface area contributed by atoms with Crippen LogP contribution in [0.25, 0.3) is 0 Å². The summed E-state index contributed by atoms with van der Waals surface area (Å²) in [5, 5.41) is 0. The molecule has 0 aromatic heterocycles. The molecule has 0 aliphatic heterocycles. The van der Waals surface area contributed by atoms with Crippen LogP contribution in [0, 0.1) is 0 Å². The molecule has 1 aromatic rings.